The Morgan fingerprint density at radius 2 is 2.05 bits per heavy atom. The monoisotopic (exact) mass is 313 g/mol. The molecule has 1 saturated heterocycles. The largest absolute Gasteiger partial charge is 0.379 e. The van der Waals surface area contributed by atoms with Crippen molar-refractivity contribution in [2.45, 2.75) is 12.8 Å². The molecule has 1 saturated carbocycles. The van der Waals surface area contributed by atoms with Crippen molar-refractivity contribution < 1.29 is 9.47 Å². The molecule has 1 aromatic heterocycles. The van der Waals surface area contributed by atoms with Crippen LogP contribution in [-0.2, 0) is 9.47 Å². The first-order valence-corrected chi connectivity index (χ1v) is 7.75. The van der Waals surface area contributed by atoms with Crippen LogP contribution in [0.4, 0.5) is 11.9 Å². The maximum absolute atomic E-state index is 5.97. The van der Waals surface area contributed by atoms with E-state index in [2.05, 4.69) is 20.3 Å². The Labute approximate surface area is 129 Å². The van der Waals surface area contributed by atoms with Crippen molar-refractivity contribution in [3.05, 3.63) is 5.28 Å². The van der Waals surface area contributed by atoms with Crippen LogP contribution in [0.3, 0.4) is 0 Å². The third-order valence-electron chi connectivity index (χ3n) is 3.47. The number of halogens is 1. The van der Waals surface area contributed by atoms with E-state index in [4.69, 9.17) is 21.1 Å². The Bertz CT molecular complexity index is 466. The van der Waals surface area contributed by atoms with Crippen LogP contribution in [0.2, 0.25) is 5.28 Å². The minimum absolute atomic E-state index is 0.202. The second kappa shape index (κ2) is 7.20. The lowest BCUT2D eigenvalue weighted by Crippen LogP contribution is -2.37. The molecule has 0 amide bonds. The first-order valence-electron chi connectivity index (χ1n) is 7.37. The SMILES string of the molecule is Clc1nc(NCCOCC2CC2)nc(N2CCOCC2)n1. The molecule has 0 aromatic carbocycles. The molecule has 1 aromatic rings. The van der Waals surface area contributed by atoms with Gasteiger partial charge in [-0.15, -0.1) is 0 Å². The third-order valence-corrected chi connectivity index (χ3v) is 3.64. The molecule has 0 unspecified atom stereocenters. The summed E-state index contributed by atoms with van der Waals surface area (Å²) in [6.45, 7) is 5.07. The summed E-state index contributed by atoms with van der Waals surface area (Å²) in [5, 5.41) is 3.33. The lowest BCUT2D eigenvalue weighted by atomic mass is 10.4. The van der Waals surface area contributed by atoms with Gasteiger partial charge in [0.2, 0.25) is 17.2 Å². The molecule has 2 heterocycles. The van der Waals surface area contributed by atoms with Gasteiger partial charge in [-0.3, -0.25) is 0 Å². The molecule has 0 radical (unpaired) electrons. The predicted molar refractivity (Wildman–Crippen MR) is 79.9 cm³/mol. The fourth-order valence-electron chi connectivity index (χ4n) is 2.09. The third kappa shape index (κ3) is 4.66. The van der Waals surface area contributed by atoms with Crippen LogP contribution < -0.4 is 10.2 Å². The molecule has 21 heavy (non-hydrogen) atoms. The Morgan fingerprint density at radius 3 is 2.81 bits per heavy atom. The Kier molecular flexibility index (Phi) is 5.05. The number of hydrogen-bond donors (Lipinski definition) is 1. The van der Waals surface area contributed by atoms with E-state index >= 15 is 0 Å². The summed E-state index contributed by atoms with van der Waals surface area (Å²) in [6, 6.07) is 0. The molecule has 1 aliphatic carbocycles. The summed E-state index contributed by atoms with van der Waals surface area (Å²) < 4.78 is 10.9. The highest BCUT2D eigenvalue weighted by atomic mass is 35.5. The average Bonchev–Trinajstić information content (AvgIpc) is 3.31. The normalized spacial score (nSPS) is 18.8. The average molecular weight is 314 g/mol. The van der Waals surface area contributed by atoms with Gasteiger partial charge in [-0.25, -0.2) is 0 Å². The number of ether oxygens (including phenoxy) is 2. The van der Waals surface area contributed by atoms with E-state index in [1.165, 1.54) is 12.8 Å². The highest BCUT2D eigenvalue weighted by molar-refractivity contribution is 6.28. The van der Waals surface area contributed by atoms with Crippen LogP contribution >= 0.6 is 11.6 Å². The van der Waals surface area contributed by atoms with Gasteiger partial charge in [-0.1, -0.05) is 0 Å². The smallest absolute Gasteiger partial charge is 0.231 e. The summed E-state index contributed by atoms with van der Waals surface area (Å²) in [5.74, 6) is 1.87. The van der Waals surface area contributed by atoms with Crippen LogP contribution in [0, 0.1) is 5.92 Å². The van der Waals surface area contributed by atoms with Crippen LogP contribution in [0.1, 0.15) is 12.8 Å². The van der Waals surface area contributed by atoms with Gasteiger partial charge in [-0.2, -0.15) is 15.0 Å². The first-order chi connectivity index (χ1) is 10.3. The number of rotatable bonds is 7. The van der Waals surface area contributed by atoms with Crippen LogP contribution in [0.15, 0.2) is 0 Å². The van der Waals surface area contributed by atoms with Gasteiger partial charge in [0.15, 0.2) is 0 Å². The predicted octanol–water partition coefficient (Wildman–Crippen LogP) is 1.20. The molecular weight excluding hydrogens is 294 g/mol. The van der Waals surface area contributed by atoms with Gasteiger partial charge in [0.25, 0.3) is 0 Å². The minimum Gasteiger partial charge on any atom is -0.379 e. The number of morpholine rings is 1. The lowest BCUT2D eigenvalue weighted by molar-refractivity contribution is 0.122. The number of anilines is 2. The van der Waals surface area contributed by atoms with Crippen molar-refractivity contribution in [2.75, 3.05) is 56.3 Å². The maximum atomic E-state index is 5.97. The van der Waals surface area contributed by atoms with Gasteiger partial charge >= 0.3 is 0 Å². The van der Waals surface area contributed by atoms with Crippen molar-refractivity contribution in [1.82, 2.24) is 15.0 Å². The molecule has 0 spiro atoms. The fourth-order valence-corrected chi connectivity index (χ4v) is 2.25. The van der Waals surface area contributed by atoms with Gasteiger partial charge < -0.3 is 19.7 Å². The molecular formula is C13H20ClN5O2. The zero-order valence-corrected chi connectivity index (χ0v) is 12.7. The highest BCUT2D eigenvalue weighted by Crippen LogP contribution is 2.28. The molecule has 2 fully saturated rings. The van der Waals surface area contributed by atoms with E-state index in [1.54, 1.807) is 0 Å². The summed E-state index contributed by atoms with van der Waals surface area (Å²) in [7, 11) is 0. The van der Waals surface area contributed by atoms with Crippen LogP contribution in [0.5, 0.6) is 0 Å². The van der Waals surface area contributed by atoms with Crippen LogP contribution in [0.25, 0.3) is 0 Å². The van der Waals surface area contributed by atoms with Gasteiger partial charge in [0.05, 0.1) is 19.8 Å². The molecule has 0 atom stereocenters. The minimum atomic E-state index is 0.202. The van der Waals surface area contributed by atoms with Gasteiger partial charge in [0.1, 0.15) is 0 Å². The number of hydrogen-bond acceptors (Lipinski definition) is 7. The van der Waals surface area contributed by atoms with Gasteiger partial charge in [0, 0.05) is 26.2 Å². The summed E-state index contributed by atoms with van der Waals surface area (Å²) in [5.41, 5.74) is 0. The highest BCUT2D eigenvalue weighted by Gasteiger charge is 2.21. The van der Waals surface area contributed by atoms with E-state index in [1.807, 2.05) is 4.90 Å². The van der Waals surface area contributed by atoms with Crippen molar-refractivity contribution in [3.63, 3.8) is 0 Å². The molecule has 0 bridgehead atoms. The fraction of sp³-hybridized carbons (Fsp3) is 0.769. The Balaban J connectivity index is 1.50. The second-order valence-corrected chi connectivity index (χ2v) is 5.61. The Morgan fingerprint density at radius 1 is 1.24 bits per heavy atom. The van der Waals surface area contributed by atoms with Crippen LogP contribution in [-0.4, -0.2) is 61.0 Å². The quantitative estimate of drug-likeness (QED) is 0.758. The van der Waals surface area contributed by atoms with E-state index in [9.17, 15) is 0 Å². The number of aromatic nitrogens is 3. The zero-order valence-electron chi connectivity index (χ0n) is 11.9. The Hall–Kier alpha value is -1.18. The summed E-state index contributed by atoms with van der Waals surface area (Å²) in [6.07, 6.45) is 2.61. The molecule has 8 heteroatoms. The van der Waals surface area contributed by atoms with Crippen molar-refractivity contribution in [2.24, 2.45) is 5.92 Å². The molecule has 116 valence electrons. The maximum Gasteiger partial charge on any atom is 0.231 e. The summed E-state index contributed by atoms with van der Waals surface area (Å²) in [4.78, 5) is 14.7. The standard InChI is InChI=1S/C13H20ClN5O2/c14-11-16-12(15-3-6-21-9-10-1-2-10)18-13(17-11)19-4-7-20-8-5-19/h10H,1-9H2,(H,15,16,17,18). The molecule has 3 rings (SSSR count). The number of nitrogens with one attached hydrogen (secondary N) is 1. The van der Waals surface area contributed by atoms with E-state index in [-0.39, 0.29) is 5.28 Å². The zero-order chi connectivity index (χ0) is 14.5. The van der Waals surface area contributed by atoms with Crippen molar-refractivity contribution in [3.8, 4) is 0 Å². The molecule has 7 nitrogen and oxygen atoms in total. The van der Waals surface area contributed by atoms with E-state index < -0.39 is 0 Å². The molecule has 1 aliphatic heterocycles. The van der Waals surface area contributed by atoms with Crippen molar-refractivity contribution in [1.29, 1.82) is 0 Å². The van der Waals surface area contributed by atoms with Gasteiger partial charge in [-0.05, 0) is 30.4 Å². The second-order valence-electron chi connectivity index (χ2n) is 5.27. The topological polar surface area (TPSA) is 72.4 Å². The summed E-state index contributed by atoms with van der Waals surface area (Å²) >= 11 is 5.97. The van der Waals surface area contributed by atoms with Crippen molar-refractivity contribution >= 4 is 23.5 Å². The van der Waals surface area contributed by atoms with E-state index in [0.717, 1.165) is 25.6 Å². The molecule has 1 N–H and O–H groups in total. The number of nitrogens with zero attached hydrogens (tertiary/aromatic N) is 4. The molecule has 2 aliphatic rings. The lowest BCUT2D eigenvalue weighted by Gasteiger charge is -2.26. The van der Waals surface area contributed by atoms with E-state index in [0.29, 0.717) is 38.3 Å². The first kappa shape index (κ1) is 14.7.